The summed E-state index contributed by atoms with van der Waals surface area (Å²) >= 11 is 0. The van der Waals surface area contributed by atoms with Gasteiger partial charge in [-0.2, -0.15) is 0 Å². The zero-order chi connectivity index (χ0) is 19.8. The summed E-state index contributed by atoms with van der Waals surface area (Å²) in [5.41, 5.74) is 0.771. The molecular weight excluding hydrogens is 394 g/mol. The molecule has 0 aromatic heterocycles. The van der Waals surface area contributed by atoms with Gasteiger partial charge in [0, 0.05) is 19.5 Å². The number of carboxylic acids is 2. The van der Waals surface area contributed by atoms with Gasteiger partial charge >= 0.3 is 11.9 Å². The molecule has 0 bridgehead atoms. The predicted molar refractivity (Wildman–Crippen MR) is 103 cm³/mol. The molecule has 2 aromatic rings. The van der Waals surface area contributed by atoms with E-state index in [2.05, 4.69) is 0 Å². The zero-order valence-corrected chi connectivity index (χ0v) is 19.6. The molecular formula is C22H28O4Zn. The molecule has 142 valence electrons. The number of benzene rings is 2. The molecule has 2 N–H and O–H groups in total. The van der Waals surface area contributed by atoms with Crippen molar-refractivity contribution >= 4 is 11.9 Å². The average molecular weight is 422 g/mol. The van der Waals surface area contributed by atoms with E-state index in [9.17, 15) is 9.59 Å². The quantitative estimate of drug-likeness (QED) is 0.664. The topological polar surface area (TPSA) is 74.6 Å². The third-order valence-electron chi connectivity index (χ3n) is 4.14. The molecule has 4 nitrogen and oxygen atoms in total. The molecule has 0 aliphatic rings. The fourth-order valence-electron chi connectivity index (χ4n) is 2.36. The molecule has 0 spiro atoms. The molecule has 0 fully saturated rings. The van der Waals surface area contributed by atoms with Gasteiger partial charge in [0.1, 0.15) is 0 Å². The van der Waals surface area contributed by atoms with Crippen molar-refractivity contribution in [2.75, 3.05) is 0 Å². The van der Waals surface area contributed by atoms with Gasteiger partial charge in [0.25, 0.3) is 0 Å². The second kappa shape index (κ2) is 11.0. The minimum Gasteiger partial charge on any atom is -0.481 e. The Bertz CT molecular complexity index is 646. The normalized spacial score (nSPS) is 10.8. The first-order valence-electron chi connectivity index (χ1n) is 8.59. The molecule has 0 unspecified atom stereocenters. The van der Waals surface area contributed by atoms with E-state index in [1.807, 2.05) is 60.7 Å². The van der Waals surface area contributed by atoms with Gasteiger partial charge in [-0.3, -0.25) is 9.59 Å². The van der Waals surface area contributed by atoms with Gasteiger partial charge in [-0.1, -0.05) is 60.7 Å². The Kier molecular flexibility index (Phi) is 10.2. The minimum atomic E-state index is -0.753. The summed E-state index contributed by atoms with van der Waals surface area (Å²) in [5, 5.41) is 17.8. The maximum atomic E-state index is 10.8. The van der Waals surface area contributed by atoms with Crippen LogP contribution < -0.4 is 0 Å². The van der Waals surface area contributed by atoms with Crippen LogP contribution in [0.4, 0.5) is 0 Å². The van der Waals surface area contributed by atoms with Crippen molar-refractivity contribution in [3.63, 3.8) is 0 Å². The van der Waals surface area contributed by atoms with Crippen molar-refractivity contribution in [2.24, 2.45) is 10.8 Å². The van der Waals surface area contributed by atoms with Crippen LogP contribution in [0.2, 0.25) is 0 Å². The first-order chi connectivity index (χ1) is 12.0. The van der Waals surface area contributed by atoms with E-state index < -0.39 is 22.8 Å². The minimum absolute atomic E-state index is 0. The maximum absolute atomic E-state index is 10.8. The molecule has 2 rings (SSSR count). The average Bonchev–Trinajstić information content (AvgIpc) is 2.56. The SMILES string of the molecule is CC(C)(Cc1ccccc1)C(=O)O.CC(C)(Cc1ccccc1)C(=O)O.[Zn]. The van der Waals surface area contributed by atoms with Gasteiger partial charge in [-0.15, -0.1) is 0 Å². The number of aliphatic carboxylic acids is 2. The molecule has 0 aliphatic heterocycles. The van der Waals surface area contributed by atoms with E-state index in [0.717, 1.165) is 11.1 Å². The van der Waals surface area contributed by atoms with Crippen LogP contribution in [0, 0.1) is 10.8 Å². The Morgan fingerprint density at radius 2 is 0.926 bits per heavy atom. The van der Waals surface area contributed by atoms with Crippen LogP contribution in [0.15, 0.2) is 60.7 Å². The monoisotopic (exact) mass is 420 g/mol. The number of hydrogen-bond donors (Lipinski definition) is 2. The van der Waals surface area contributed by atoms with Gasteiger partial charge < -0.3 is 10.2 Å². The summed E-state index contributed by atoms with van der Waals surface area (Å²) in [6, 6.07) is 19.3. The van der Waals surface area contributed by atoms with Crippen LogP contribution in [0.3, 0.4) is 0 Å². The Morgan fingerprint density at radius 3 is 1.15 bits per heavy atom. The second-order valence-corrected chi connectivity index (χ2v) is 7.70. The first kappa shape index (κ1) is 25.0. The van der Waals surface area contributed by atoms with Gasteiger partial charge in [0.05, 0.1) is 10.8 Å². The first-order valence-corrected chi connectivity index (χ1v) is 8.59. The van der Waals surface area contributed by atoms with Crippen molar-refractivity contribution in [1.29, 1.82) is 0 Å². The predicted octanol–water partition coefficient (Wildman–Crippen LogP) is 4.68. The summed E-state index contributed by atoms with van der Waals surface area (Å²) in [6.45, 7) is 6.95. The summed E-state index contributed by atoms with van der Waals surface area (Å²) in [5.74, 6) is -1.51. The molecule has 0 atom stereocenters. The Balaban J connectivity index is 0.000000483. The van der Waals surface area contributed by atoms with Gasteiger partial charge in [-0.25, -0.2) is 0 Å². The van der Waals surface area contributed by atoms with Crippen molar-refractivity contribution in [3.8, 4) is 0 Å². The van der Waals surface area contributed by atoms with E-state index in [4.69, 9.17) is 10.2 Å². The zero-order valence-electron chi connectivity index (χ0n) is 16.6. The third kappa shape index (κ3) is 8.97. The van der Waals surface area contributed by atoms with Crippen LogP contribution in [0.5, 0.6) is 0 Å². The molecule has 0 aliphatic carbocycles. The molecule has 0 saturated heterocycles. The van der Waals surface area contributed by atoms with Gasteiger partial charge in [0.15, 0.2) is 0 Å². The molecule has 0 saturated carbocycles. The summed E-state index contributed by atoms with van der Waals surface area (Å²) in [4.78, 5) is 21.7. The smallest absolute Gasteiger partial charge is 0.309 e. The van der Waals surface area contributed by atoms with Gasteiger partial charge in [0.2, 0.25) is 0 Å². The fourth-order valence-corrected chi connectivity index (χ4v) is 2.36. The molecule has 0 amide bonds. The molecule has 0 heterocycles. The van der Waals surface area contributed by atoms with Crippen LogP contribution in [0.25, 0.3) is 0 Å². The Morgan fingerprint density at radius 1 is 0.667 bits per heavy atom. The van der Waals surface area contributed by atoms with Crippen molar-refractivity contribution in [2.45, 2.75) is 40.5 Å². The van der Waals surface area contributed by atoms with Crippen molar-refractivity contribution in [1.82, 2.24) is 0 Å². The summed E-state index contributed by atoms with van der Waals surface area (Å²) in [7, 11) is 0. The van der Waals surface area contributed by atoms with E-state index in [0.29, 0.717) is 12.8 Å². The maximum Gasteiger partial charge on any atom is 0.309 e. The van der Waals surface area contributed by atoms with Crippen molar-refractivity contribution in [3.05, 3.63) is 71.8 Å². The van der Waals surface area contributed by atoms with Crippen molar-refractivity contribution < 1.29 is 39.3 Å². The molecule has 27 heavy (non-hydrogen) atoms. The van der Waals surface area contributed by atoms with E-state index in [1.54, 1.807) is 27.7 Å². The van der Waals surface area contributed by atoms with Crippen LogP contribution in [-0.4, -0.2) is 22.2 Å². The molecule has 2 aromatic carbocycles. The molecule has 0 radical (unpaired) electrons. The molecule has 5 heteroatoms. The summed E-state index contributed by atoms with van der Waals surface area (Å²) in [6.07, 6.45) is 1.15. The number of hydrogen-bond acceptors (Lipinski definition) is 2. The largest absolute Gasteiger partial charge is 0.481 e. The van der Waals surface area contributed by atoms with Gasteiger partial charge in [-0.05, 0) is 51.7 Å². The van der Waals surface area contributed by atoms with E-state index >= 15 is 0 Å². The van der Waals surface area contributed by atoms with E-state index in [-0.39, 0.29) is 19.5 Å². The van der Waals surface area contributed by atoms with Crippen LogP contribution in [-0.2, 0) is 41.9 Å². The fraction of sp³-hybridized carbons (Fsp3) is 0.364. The third-order valence-corrected chi connectivity index (χ3v) is 4.14. The second-order valence-electron chi connectivity index (χ2n) is 7.70. The Hall–Kier alpha value is -2.00. The van der Waals surface area contributed by atoms with E-state index in [1.165, 1.54) is 0 Å². The standard InChI is InChI=1S/2C11H14O2.Zn/c2*1-11(2,10(12)13)8-9-6-4-3-5-7-9;/h2*3-7H,8H2,1-2H3,(H,12,13);. The number of rotatable bonds is 6. The van der Waals surface area contributed by atoms with Crippen LogP contribution in [0.1, 0.15) is 38.8 Å². The number of carboxylic acid groups (broad SMARTS) is 2. The Labute approximate surface area is 174 Å². The number of carbonyl (C=O) groups is 2. The summed E-state index contributed by atoms with van der Waals surface area (Å²) < 4.78 is 0. The van der Waals surface area contributed by atoms with Crippen LogP contribution >= 0.6 is 0 Å².